The summed E-state index contributed by atoms with van der Waals surface area (Å²) in [5.41, 5.74) is 8.66. The molecule has 4 N–H and O–H groups in total. The highest BCUT2D eigenvalue weighted by molar-refractivity contribution is 5.85. The number of methoxy groups -OCH3 is 1. The van der Waals surface area contributed by atoms with E-state index in [0.717, 1.165) is 28.4 Å². The number of hydrogen-bond acceptors (Lipinski definition) is 4. The number of aromatic nitrogens is 2. The van der Waals surface area contributed by atoms with Gasteiger partial charge in [0, 0.05) is 16.9 Å². The van der Waals surface area contributed by atoms with Crippen molar-refractivity contribution < 1.29 is 9.53 Å². The lowest BCUT2D eigenvalue weighted by atomic mass is 10.0. The number of nitrogens with two attached hydrogens (primary N) is 1. The number of primary amides is 1. The maximum absolute atomic E-state index is 11.7. The number of benzene rings is 1. The summed E-state index contributed by atoms with van der Waals surface area (Å²) in [6.07, 6.45) is 0. The van der Waals surface area contributed by atoms with Crippen molar-refractivity contribution in [3.05, 3.63) is 41.2 Å². The van der Waals surface area contributed by atoms with E-state index in [-0.39, 0.29) is 0 Å². The van der Waals surface area contributed by atoms with Gasteiger partial charge < -0.3 is 15.8 Å². The van der Waals surface area contributed by atoms with Crippen molar-refractivity contribution in [2.45, 2.75) is 19.9 Å². The molecule has 0 saturated carbocycles. The highest BCUT2D eigenvalue weighted by atomic mass is 16.5. The second-order valence-electron chi connectivity index (χ2n) is 4.56. The lowest BCUT2D eigenvalue weighted by Gasteiger charge is -2.17. The number of nitrogens with one attached hydrogen (secondary N) is 2. The number of amides is 1. The van der Waals surface area contributed by atoms with Gasteiger partial charge in [-0.2, -0.15) is 5.10 Å². The van der Waals surface area contributed by atoms with Crippen LogP contribution in [0, 0.1) is 13.8 Å². The number of anilines is 1. The van der Waals surface area contributed by atoms with E-state index in [4.69, 9.17) is 10.5 Å². The summed E-state index contributed by atoms with van der Waals surface area (Å²) >= 11 is 0. The molecular formula is C14H18N4O2. The Morgan fingerprint density at radius 1 is 1.35 bits per heavy atom. The summed E-state index contributed by atoms with van der Waals surface area (Å²) in [4.78, 5) is 11.7. The van der Waals surface area contributed by atoms with Crippen LogP contribution in [0.25, 0.3) is 0 Å². The lowest BCUT2D eigenvalue weighted by Crippen LogP contribution is -2.28. The third-order valence-corrected chi connectivity index (χ3v) is 3.16. The van der Waals surface area contributed by atoms with E-state index in [1.807, 2.05) is 38.1 Å². The average Bonchev–Trinajstić information content (AvgIpc) is 2.76. The molecule has 1 aromatic heterocycles. The van der Waals surface area contributed by atoms with Gasteiger partial charge in [0.25, 0.3) is 0 Å². The first-order valence-electron chi connectivity index (χ1n) is 6.24. The number of carbonyl (C=O) groups excluding carboxylic acids is 1. The zero-order chi connectivity index (χ0) is 14.7. The smallest absolute Gasteiger partial charge is 0.244 e. The number of hydrogen-bond donors (Lipinski definition) is 3. The molecule has 0 spiro atoms. The monoisotopic (exact) mass is 274 g/mol. The van der Waals surface area contributed by atoms with Crippen LogP contribution in [0.4, 0.5) is 5.69 Å². The summed E-state index contributed by atoms with van der Waals surface area (Å²) in [5, 5.41) is 10.1. The van der Waals surface area contributed by atoms with Crippen molar-refractivity contribution in [1.82, 2.24) is 10.2 Å². The van der Waals surface area contributed by atoms with Crippen LogP contribution in [0.1, 0.15) is 23.0 Å². The molecule has 0 fully saturated rings. The van der Waals surface area contributed by atoms with Crippen LogP contribution < -0.4 is 15.8 Å². The fraction of sp³-hybridized carbons (Fsp3) is 0.286. The van der Waals surface area contributed by atoms with E-state index in [1.54, 1.807) is 7.11 Å². The fourth-order valence-electron chi connectivity index (χ4n) is 2.12. The van der Waals surface area contributed by atoms with Crippen molar-refractivity contribution in [2.75, 3.05) is 12.4 Å². The summed E-state index contributed by atoms with van der Waals surface area (Å²) in [6, 6.07) is 6.67. The number of H-pyrrole nitrogens is 1. The topological polar surface area (TPSA) is 93.0 Å². The van der Waals surface area contributed by atoms with E-state index < -0.39 is 11.9 Å². The number of rotatable bonds is 5. The Morgan fingerprint density at radius 3 is 2.45 bits per heavy atom. The minimum Gasteiger partial charge on any atom is -0.497 e. The van der Waals surface area contributed by atoms with Gasteiger partial charge in [0.05, 0.1) is 12.8 Å². The number of carbonyl (C=O) groups is 1. The van der Waals surface area contributed by atoms with Crippen molar-refractivity contribution >= 4 is 11.6 Å². The standard InChI is InChI=1S/C14H18N4O2/c1-8-12(9(2)18-17-8)13(14(15)19)16-10-4-6-11(20-3)7-5-10/h4-7,13,16H,1-3H3,(H2,15,19)(H,17,18). The SMILES string of the molecule is COc1ccc(NC(C(N)=O)c2c(C)n[nH]c2C)cc1. The van der Waals surface area contributed by atoms with Crippen molar-refractivity contribution in [1.29, 1.82) is 0 Å². The molecule has 1 heterocycles. The average molecular weight is 274 g/mol. The van der Waals surface area contributed by atoms with E-state index >= 15 is 0 Å². The maximum atomic E-state index is 11.7. The predicted molar refractivity (Wildman–Crippen MR) is 76.6 cm³/mol. The van der Waals surface area contributed by atoms with Gasteiger partial charge in [-0.1, -0.05) is 0 Å². The van der Waals surface area contributed by atoms with Gasteiger partial charge in [0.2, 0.25) is 5.91 Å². The van der Waals surface area contributed by atoms with Gasteiger partial charge in [-0.05, 0) is 38.1 Å². The quantitative estimate of drug-likeness (QED) is 0.773. The molecule has 0 saturated heterocycles. The van der Waals surface area contributed by atoms with Crippen LogP contribution in [-0.2, 0) is 4.79 Å². The molecule has 20 heavy (non-hydrogen) atoms. The van der Waals surface area contributed by atoms with Gasteiger partial charge in [-0.15, -0.1) is 0 Å². The maximum Gasteiger partial charge on any atom is 0.244 e. The van der Waals surface area contributed by atoms with E-state index in [0.29, 0.717) is 0 Å². The number of nitrogens with zero attached hydrogens (tertiary/aromatic N) is 1. The molecule has 1 atom stereocenters. The lowest BCUT2D eigenvalue weighted by molar-refractivity contribution is -0.118. The van der Waals surface area contributed by atoms with Crippen LogP contribution in [0.5, 0.6) is 5.75 Å². The van der Waals surface area contributed by atoms with Crippen molar-refractivity contribution in [3.63, 3.8) is 0 Å². The number of aryl methyl sites for hydroxylation is 2. The summed E-state index contributed by atoms with van der Waals surface area (Å²) < 4.78 is 5.10. The molecule has 6 heteroatoms. The highest BCUT2D eigenvalue weighted by Crippen LogP contribution is 2.25. The Morgan fingerprint density at radius 2 is 2.00 bits per heavy atom. The first-order valence-corrected chi connectivity index (χ1v) is 6.24. The molecule has 1 amide bonds. The zero-order valence-electron chi connectivity index (χ0n) is 11.7. The molecule has 1 unspecified atom stereocenters. The van der Waals surface area contributed by atoms with E-state index in [2.05, 4.69) is 15.5 Å². The molecular weight excluding hydrogens is 256 g/mol. The minimum absolute atomic E-state index is 0.451. The Labute approximate surface area is 117 Å². The molecule has 0 aliphatic rings. The van der Waals surface area contributed by atoms with Gasteiger partial charge in [0.1, 0.15) is 11.8 Å². The van der Waals surface area contributed by atoms with Gasteiger partial charge in [-0.3, -0.25) is 9.89 Å². The Kier molecular flexibility index (Phi) is 3.93. The molecule has 2 rings (SSSR count). The summed E-state index contributed by atoms with van der Waals surface area (Å²) in [6.45, 7) is 3.70. The van der Waals surface area contributed by atoms with Crippen molar-refractivity contribution in [3.8, 4) is 5.75 Å². The number of aromatic amines is 1. The molecule has 1 aromatic carbocycles. The Bertz CT molecular complexity index is 585. The minimum atomic E-state index is -0.623. The van der Waals surface area contributed by atoms with Gasteiger partial charge in [0.15, 0.2) is 0 Å². The Hall–Kier alpha value is -2.50. The zero-order valence-corrected chi connectivity index (χ0v) is 11.7. The number of ether oxygens (including phenoxy) is 1. The molecule has 2 aromatic rings. The second kappa shape index (κ2) is 5.64. The molecule has 0 aliphatic carbocycles. The molecule has 0 bridgehead atoms. The molecule has 6 nitrogen and oxygen atoms in total. The van der Waals surface area contributed by atoms with Crippen LogP contribution >= 0.6 is 0 Å². The predicted octanol–water partition coefficient (Wildman–Crippen LogP) is 1.67. The van der Waals surface area contributed by atoms with Crippen molar-refractivity contribution in [2.24, 2.45) is 5.73 Å². The summed E-state index contributed by atoms with van der Waals surface area (Å²) in [5.74, 6) is 0.301. The van der Waals surface area contributed by atoms with Gasteiger partial charge in [-0.25, -0.2) is 0 Å². The third kappa shape index (κ3) is 2.74. The van der Waals surface area contributed by atoms with E-state index in [9.17, 15) is 4.79 Å². The second-order valence-corrected chi connectivity index (χ2v) is 4.56. The highest BCUT2D eigenvalue weighted by Gasteiger charge is 2.23. The molecule has 0 radical (unpaired) electrons. The van der Waals surface area contributed by atoms with Gasteiger partial charge >= 0.3 is 0 Å². The van der Waals surface area contributed by atoms with E-state index in [1.165, 1.54) is 0 Å². The first kappa shape index (κ1) is 13.9. The Balaban J connectivity index is 2.28. The largest absolute Gasteiger partial charge is 0.497 e. The molecule has 106 valence electrons. The molecule has 0 aliphatic heterocycles. The van der Waals surface area contributed by atoms with Crippen LogP contribution in [-0.4, -0.2) is 23.2 Å². The van der Waals surface area contributed by atoms with Crippen LogP contribution in [0.3, 0.4) is 0 Å². The first-order chi connectivity index (χ1) is 9.52. The third-order valence-electron chi connectivity index (χ3n) is 3.16. The summed E-state index contributed by atoms with van der Waals surface area (Å²) in [7, 11) is 1.60. The normalized spacial score (nSPS) is 11.9. The fourth-order valence-corrected chi connectivity index (χ4v) is 2.12. The van der Waals surface area contributed by atoms with Crippen LogP contribution in [0.2, 0.25) is 0 Å². The van der Waals surface area contributed by atoms with Crippen LogP contribution in [0.15, 0.2) is 24.3 Å².